The van der Waals surface area contributed by atoms with Crippen LogP contribution in [0.5, 0.6) is 0 Å². The Bertz CT molecular complexity index is 234. The maximum atomic E-state index is 11.3. The first-order valence-corrected chi connectivity index (χ1v) is 5.86. The van der Waals surface area contributed by atoms with Crippen LogP contribution in [0.3, 0.4) is 0 Å². The summed E-state index contributed by atoms with van der Waals surface area (Å²) in [6.45, 7) is 5.30. The van der Waals surface area contributed by atoms with E-state index >= 15 is 0 Å². The van der Waals surface area contributed by atoms with Gasteiger partial charge >= 0.3 is 0 Å². The van der Waals surface area contributed by atoms with Gasteiger partial charge in [0.15, 0.2) is 0 Å². The van der Waals surface area contributed by atoms with Crippen molar-refractivity contribution in [3.05, 3.63) is 11.6 Å². The van der Waals surface area contributed by atoms with Crippen LogP contribution in [0.25, 0.3) is 0 Å². The van der Waals surface area contributed by atoms with Crippen LogP contribution in [-0.2, 0) is 4.79 Å². The normalized spacial score (nSPS) is 15.5. The number of allylic oxidation sites excluding steroid dienone is 1. The Balaban J connectivity index is 1.98. The van der Waals surface area contributed by atoms with Crippen molar-refractivity contribution in [1.29, 1.82) is 0 Å². The van der Waals surface area contributed by atoms with E-state index in [-0.39, 0.29) is 11.9 Å². The van der Waals surface area contributed by atoms with E-state index in [4.69, 9.17) is 0 Å². The number of hydrogen-bond donors (Lipinski definition) is 2. The molecule has 0 aromatic rings. The van der Waals surface area contributed by atoms with E-state index in [0.29, 0.717) is 6.54 Å². The van der Waals surface area contributed by atoms with Gasteiger partial charge in [-0.2, -0.15) is 0 Å². The van der Waals surface area contributed by atoms with Crippen LogP contribution in [0.4, 0.5) is 0 Å². The van der Waals surface area contributed by atoms with Crippen molar-refractivity contribution in [2.45, 2.75) is 45.6 Å². The Morgan fingerprint density at radius 1 is 1.53 bits per heavy atom. The van der Waals surface area contributed by atoms with Gasteiger partial charge in [-0.15, -0.1) is 0 Å². The SMILES string of the molecule is CC(C)NC(=O)CNCCC1=CCCC1. The van der Waals surface area contributed by atoms with Gasteiger partial charge in [-0.25, -0.2) is 0 Å². The van der Waals surface area contributed by atoms with E-state index in [1.807, 2.05) is 13.8 Å². The molecule has 0 bridgehead atoms. The molecule has 1 aliphatic carbocycles. The Hall–Kier alpha value is -0.830. The summed E-state index contributed by atoms with van der Waals surface area (Å²) in [5.74, 6) is 0.0883. The number of rotatable bonds is 6. The highest BCUT2D eigenvalue weighted by Gasteiger charge is 2.05. The lowest BCUT2D eigenvalue weighted by Gasteiger charge is -2.09. The fourth-order valence-corrected chi connectivity index (χ4v) is 1.79. The summed E-state index contributed by atoms with van der Waals surface area (Å²) in [5.41, 5.74) is 1.55. The smallest absolute Gasteiger partial charge is 0.234 e. The van der Waals surface area contributed by atoms with Crippen LogP contribution < -0.4 is 10.6 Å². The second kappa shape index (κ2) is 6.62. The standard InChI is InChI=1S/C12H22N2O/c1-10(2)14-12(15)9-13-8-7-11-5-3-4-6-11/h5,10,13H,3-4,6-9H2,1-2H3,(H,14,15). The second-order valence-corrected chi connectivity index (χ2v) is 4.40. The molecule has 1 rings (SSSR count). The summed E-state index contributed by atoms with van der Waals surface area (Å²) < 4.78 is 0. The van der Waals surface area contributed by atoms with Crippen LogP contribution >= 0.6 is 0 Å². The quantitative estimate of drug-likeness (QED) is 0.516. The van der Waals surface area contributed by atoms with Crippen LogP contribution in [0.15, 0.2) is 11.6 Å². The van der Waals surface area contributed by atoms with Gasteiger partial charge in [-0.3, -0.25) is 4.79 Å². The Labute approximate surface area is 92.3 Å². The van der Waals surface area contributed by atoms with Crippen molar-refractivity contribution >= 4 is 5.91 Å². The lowest BCUT2D eigenvalue weighted by molar-refractivity contribution is -0.120. The van der Waals surface area contributed by atoms with E-state index in [1.54, 1.807) is 5.57 Å². The van der Waals surface area contributed by atoms with Crippen LogP contribution in [-0.4, -0.2) is 25.0 Å². The predicted octanol–water partition coefficient (Wildman–Crippen LogP) is 1.60. The van der Waals surface area contributed by atoms with E-state index in [0.717, 1.165) is 13.0 Å². The van der Waals surface area contributed by atoms with Gasteiger partial charge in [0.1, 0.15) is 0 Å². The summed E-state index contributed by atoms with van der Waals surface area (Å²) in [5, 5.41) is 6.02. The van der Waals surface area contributed by atoms with Crippen molar-refractivity contribution in [1.82, 2.24) is 10.6 Å². The predicted molar refractivity (Wildman–Crippen MR) is 62.7 cm³/mol. The lowest BCUT2D eigenvalue weighted by atomic mass is 10.2. The highest BCUT2D eigenvalue weighted by Crippen LogP contribution is 2.19. The van der Waals surface area contributed by atoms with Crippen molar-refractivity contribution in [3.8, 4) is 0 Å². The Kier molecular flexibility index (Phi) is 5.40. The Morgan fingerprint density at radius 3 is 2.93 bits per heavy atom. The van der Waals surface area contributed by atoms with Gasteiger partial charge in [0.25, 0.3) is 0 Å². The van der Waals surface area contributed by atoms with Crippen LogP contribution in [0, 0.1) is 0 Å². The van der Waals surface area contributed by atoms with E-state index < -0.39 is 0 Å². The fraction of sp³-hybridized carbons (Fsp3) is 0.750. The molecule has 1 amide bonds. The number of nitrogens with one attached hydrogen (secondary N) is 2. The molecule has 15 heavy (non-hydrogen) atoms. The molecule has 0 unspecified atom stereocenters. The molecule has 0 atom stereocenters. The van der Waals surface area contributed by atoms with Gasteiger partial charge in [-0.1, -0.05) is 11.6 Å². The molecule has 0 heterocycles. The minimum absolute atomic E-state index is 0.0883. The Morgan fingerprint density at radius 2 is 2.33 bits per heavy atom. The van der Waals surface area contributed by atoms with Crippen LogP contribution in [0.1, 0.15) is 39.5 Å². The molecule has 0 fully saturated rings. The monoisotopic (exact) mass is 210 g/mol. The maximum absolute atomic E-state index is 11.3. The van der Waals surface area contributed by atoms with Crippen LogP contribution in [0.2, 0.25) is 0 Å². The first kappa shape index (κ1) is 12.2. The molecule has 0 aromatic carbocycles. The summed E-state index contributed by atoms with van der Waals surface area (Å²) >= 11 is 0. The zero-order valence-corrected chi connectivity index (χ0v) is 9.81. The molecule has 0 aliphatic heterocycles. The molecule has 3 heteroatoms. The molecule has 1 aliphatic rings. The lowest BCUT2D eigenvalue weighted by Crippen LogP contribution is -2.37. The van der Waals surface area contributed by atoms with Crippen molar-refractivity contribution < 1.29 is 4.79 Å². The molecule has 0 aromatic heterocycles. The molecular weight excluding hydrogens is 188 g/mol. The van der Waals surface area contributed by atoms with Crippen molar-refractivity contribution in [2.24, 2.45) is 0 Å². The zero-order valence-electron chi connectivity index (χ0n) is 9.81. The van der Waals surface area contributed by atoms with E-state index in [2.05, 4.69) is 16.7 Å². The molecule has 3 nitrogen and oxygen atoms in total. The van der Waals surface area contributed by atoms with Gasteiger partial charge in [0, 0.05) is 6.04 Å². The third-order valence-electron chi connectivity index (χ3n) is 2.49. The van der Waals surface area contributed by atoms with Gasteiger partial charge in [0.2, 0.25) is 5.91 Å². The highest BCUT2D eigenvalue weighted by molar-refractivity contribution is 5.78. The minimum atomic E-state index is 0.0883. The number of carbonyl (C=O) groups excluding carboxylic acids is 1. The largest absolute Gasteiger partial charge is 0.353 e. The molecule has 86 valence electrons. The topological polar surface area (TPSA) is 41.1 Å². The fourth-order valence-electron chi connectivity index (χ4n) is 1.79. The van der Waals surface area contributed by atoms with Crippen molar-refractivity contribution in [3.63, 3.8) is 0 Å². The average Bonchev–Trinajstić information content (AvgIpc) is 2.63. The molecular formula is C12H22N2O. The second-order valence-electron chi connectivity index (χ2n) is 4.40. The summed E-state index contributed by atoms with van der Waals surface area (Å²) in [4.78, 5) is 11.3. The highest BCUT2D eigenvalue weighted by atomic mass is 16.1. The first-order chi connectivity index (χ1) is 7.18. The van der Waals surface area contributed by atoms with Crippen molar-refractivity contribution in [2.75, 3.05) is 13.1 Å². The summed E-state index contributed by atoms with van der Waals surface area (Å²) in [6.07, 6.45) is 7.22. The maximum Gasteiger partial charge on any atom is 0.234 e. The number of carbonyl (C=O) groups is 1. The molecule has 0 spiro atoms. The molecule has 0 saturated carbocycles. The summed E-state index contributed by atoms with van der Waals surface area (Å²) in [6, 6.07) is 0.233. The third-order valence-corrected chi connectivity index (χ3v) is 2.49. The van der Waals surface area contributed by atoms with Gasteiger partial charge in [-0.05, 0) is 46.1 Å². The molecule has 2 N–H and O–H groups in total. The van der Waals surface area contributed by atoms with Gasteiger partial charge < -0.3 is 10.6 Å². The average molecular weight is 210 g/mol. The number of hydrogen-bond acceptors (Lipinski definition) is 2. The minimum Gasteiger partial charge on any atom is -0.353 e. The van der Waals surface area contributed by atoms with E-state index in [9.17, 15) is 4.79 Å². The number of amides is 1. The first-order valence-electron chi connectivity index (χ1n) is 5.86. The molecule has 0 radical (unpaired) electrons. The third kappa shape index (κ3) is 5.57. The summed E-state index contributed by atoms with van der Waals surface area (Å²) in [7, 11) is 0. The van der Waals surface area contributed by atoms with Gasteiger partial charge in [0.05, 0.1) is 6.54 Å². The zero-order chi connectivity index (χ0) is 11.1. The van der Waals surface area contributed by atoms with E-state index in [1.165, 1.54) is 19.3 Å². The molecule has 0 saturated heterocycles.